The fraction of sp³-hybridized carbons (Fsp3) is 0.182. The number of halogens is 3. The summed E-state index contributed by atoms with van der Waals surface area (Å²) in [6.45, 7) is 0. The van der Waals surface area contributed by atoms with Crippen molar-refractivity contribution < 1.29 is 8.78 Å². The topological polar surface area (TPSA) is 55.9 Å². The minimum Gasteiger partial charge on any atom is -0.275 e. The number of nitrogens with two attached hydrogens (primary N) is 1. The summed E-state index contributed by atoms with van der Waals surface area (Å²) < 4.78 is 29.6. The molecule has 2 rings (SSSR count). The number of benzene rings is 1. The monoisotopic (exact) mass is 316 g/mol. The molecule has 7 heteroatoms. The minimum atomic E-state index is -0.785. The van der Waals surface area contributed by atoms with Crippen molar-refractivity contribution in [2.24, 2.45) is 12.9 Å². The zero-order chi connectivity index (χ0) is 13.3. The lowest BCUT2D eigenvalue weighted by molar-refractivity contribution is 0.509. The van der Waals surface area contributed by atoms with E-state index < -0.39 is 17.7 Å². The van der Waals surface area contributed by atoms with E-state index in [1.807, 2.05) is 0 Å². The molecular weight excluding hydrogens is 306 g/mol. The van der Waals surface area contributed by atoms with Gasteiger partial charge in [0.25, 0.3) is 0 Å². The largest absolute Gasteiger partial charge is 0.275 e. The Balaban J connectivity index is 2.51. The number of hydrogen-bond acceptors (Lipinski definition) is 3. The Hall–Kier alpha value is -1.31. The van der Waals surface area contributed by atoms with Crippen molar-refractivity contribution in [1.29, 1.82) is 0 Å². The molecule has 0 bridgehead atoms. The summed E-state index contributed by atoms with van der Waals surface area (Å²) in [7, 11) is 1.71. The van der Waals surface area contributed by atoms with Crippen molar-refractivity contribution in [1.82, 2.24) is 15.2 Å². The summed E-state index contributed by atoms with van der Waals surface area (Å²) in [5, 5.41) is 3.95. The summed E-state index contributed by atoms with van der Waals surface area (Å²) in [4.78, 5) is 0. The first-order valence-electron chi connectivity index (χ1n) is 5.12. The maximum Gasteiger partial charge on any atom is 0.132 e. The number of aromatic nitrogens is 2. The van der Waals surface area contributed by atoms with Gasteiger partial charge in [-0.05, 0) is 12.1 Å². The predicted octanol–water partition coefficient (Wildman–Crippen LogP) is 2.01. The molecule has 0 saturated heterocycles. The van der Waals surface area contributed by atoms with E-state index in [9.17, 15) is 8.78 Å². The maximum absolute atomic E-state index is 13.8. The van der Waals surface area contributed by atoms with Gasteiger partial charge in [-0.2, -0.15) is 5.10 Å². The van der Waals surface area contributed by atoms with E-state index in [1.165, 1.54) is 23.0 Å². The van der Waals surface area contributed by atoms with Gasteiger partial charge >= 0.3 is 0 Å². The van der Waals surface area contributed by atoms with Gasteiger partial charge in [0.1, 0.15) is 11.6 Å². The molecule has 0 spiro atoms. The standard InChI is InChI=1S/C11H11BrF2N4/c1-18-5-6(4-16-18)11(17-15)10-8(13)2-7(12)3-9(10)14/h2-5,11,17H,15H2,1H3. The molecule has 0 amide bonds. The highest BCUT2D eigenvalue weighted by Gasteiger charge is 2.22. The summed E-state index contributed by atoms with van der Waals surface area (Å²) in [6, 6.07) is 1.60. The second-order valence-corrected chi connectivity index (χ2v) is 4.75. The van der Waals surface area contributed by atoms with Crippen molar-refractivity contribution >= 4 is 15.9 Å². The third kappa shape index (κ3) is 2.43. The van der Waals surface area contributed by atoms with Crippen molar-refractivity contribution in [3.63, 3.8) is 0 Å². The molecule has 2 aromatic rings. The second-order valence-electron chi connectivity index (χ2n) is 3.83. The third-order valence-corrected chi connectivity index (χ3v) is 3.02. The van der Waals surface area contributed by atoms with Crippen LogP contribution in [0.3, 0.4) is 0 Å². The zero-order valence-electron chi connectivity index (χ0n) is 9.49. The number of hydrogen-bond donors (Lipinski definition) is 2. The molecule has 1 aromatic heterocycles. The van der Waals surface area contributed by atoms with Crippen LogP contribution in [0.2, 0.25) is 0 Å². The van der Waals surface area contributed by atoms with Crippen LogP contribution in [-0.2, 0) is 7.05 Å². The molecule has 96 valence electrons. The molecule has 0 aliphatic heterocycles. The molecule has 1 aromatic carbocycles. The SMILES string of the molecule is Cn1cc(C(NN)c2c(F)cc(Br)cc2F)cn1. The number of rotatable bonds is 3. The van der Waals surface area contributed by atoms with Crippen LogP contribution in [-0.4, -0.2) is 9.78 Å². The first-order chi connectivity index (χ1) is 8.52. The molecule has 0 radical (unpaired) electrons. The van der Waals surface area contributed by atoms with Gasteiger partial charge in [-0.15, -0.1) is 0 Å². The first kappa shape index (κ1) is 13.1. The Morgan fingerprint density at radius 2 is 2.00 bits per heavy atom. The first-order valence-corrected chi connectivity index (χ1v) is 5.91. The summed E-state index contributed by atoms with van der Waals surface area (Å²) >= 11 is 3.03. The molecule has 3 N–H and O–H groups in total. The molecule has 1 atom stereocenters. The molecule has 4 nitrogen and oxygen atoms in total. The normalized spacial score (nSPS) is 12.7. The maximum atomic E-state index is 13.8. The van der Waals surface area contributed by atoms with Gasteiger partial charge in [0.2, 0.25) is 0 Å². The van der Waals surface area contributed by atoms with Crippen LogP contribution < -0.4 is 11.3 Å². The summed E-state index contributed by atoms with van der Waals surface area (Å²) in [6.07, 6.45) is 3.15. The molecule has 0 aliphatic carbocycles. The van der Waals surface area contributed by atoms with Gasteiger partial charge < -0.3 is 0 Å². The van der Waals surface area contributed by atoms with E-state index in [2.05, 4.69) is 26.5 Å². The van der Waals surface area contributed by atoms with E-state index in [0.29, 0.717) is 10.0 Å². The minimum absolute atomic E-state index is 0.131. The van der Waals surface area contributed by atoms with Crippen molar-refractivity contribution in [3.05, 3.63) is 51.8 Å². The van der Waals surface area contributed by atoms with Crippen molar-refractivity contribution in [2.75, 3.05) is 0 Å². The van der Waals surface area contributed by atoms with Gasteiger partial charge in [0.15, 0.2) is 0 Å². The van der Waals surface area contributed by atoms with Crippen LogP contribution in [0, 0.1) is 11.6 Å². The fourth-order valence-electron chi connectivity index (χ4n) is 1.76. The van der Waals surface area contributed by atoms with Gasteiger partial charge in [-0.1, -0.05) is 15.9 Å². The summed E-state index contributed by atoms with van der Waals surface area (Å²) in [5.74, 6) is 4.04. The van der Waals surface area contributed by atoms with E-state index in [4.69, 9.17) is 5.84 Å². The lowest BCUT2D eigenvalue weighted by Crippen LogP contribution is -2.30. The highest BCUT2D eigenvalue weighted by Crippen LogP contribution is 2.28. The van der Waals surface area contributed by atoms with Crippen molar-refractivity contribution in [2.45, 2.75) is 6.04 Å². The van der Waals surface area contributed by atoms with E-state index in [1.54, 1.807) is 13.2 Å². The Labute approximate surface area is 111 Å². The highest BCUT2D eigenvalue weighted by molar-refractivity contribution is 9.10. The average Bonchev–Trinajstić information content (AvgIpc) is 2.69. The van der Waals surface area contributed by atoms with E-state index >= 15 is 0 Å². The Kier molecular flexibility index (Phi) is 3.74. The summed E-state index contributed by atoms with van der Waals surface area (Å²) in [5.41, 5.74) is 2.85. The second kappa shape index (κ2) is 5.13. The molecule has 1 heterocycles. The Morgan fingerprint density at radius 3 is 2.44 bits per heavy atom. The number of aryl methyl sites for hydroxylation is 1. The predicted molar refractivity (Wildman–Crippen MR) is 66.4 cm³/mol. The van der Waals surface area contributed by atoms with Gasteiger partial charge in [-0.3, -0.25) is 10.5 Å². The lowest BCUT2D eigenvalue weighted by atomic mass is 10.0. The highest BCUT2D eigenvalue weighted by atomic mass is 79.9. The van der Waals surface area contributed by atoms with Crippen LogP contribution in [0.5, 0.6) is 0 Å². The van der Waals surface area contributed by atoms with Crippen LogP contribution in [0.4, 0.5) is 8.78 Å². The van der Waals surface area contributed by atoms with E-state index in [0.717, 1.165) is 0 Å². The smallest absolute Gasteiger partial charge is 0.132 e. The third-order valence-electron chi connectivity index (χ3n) is 2.56. The number of hydrazine groups is 1. The van der Waals surface area contributed by atoms with Crippen LogP contribution in [0.15, 0.2) is 29.0 Å². The zero-order valence-corrected chi connectivity index (χ0v) is 11.1. The molecule has 0 aliphatic rings. The number of nitrogens with one attached hydrogen (secondary N) is 1. The fourth-order valence-corrected chi connectivity index (χ4v) is 2.17. The Morgan fingerprint density at radius 1 is 1.39 bits per heavy atom. The Bertz CT molecular complexity index is 547. The molecular formula is C11H11BrF2N4. The molecule has 18 heavy (non-hydrogen) atoms. The van der Waals surface area contributed by atoms with Gasteiger partial charge in [0, 0.05) is 28.8 Å². The number of nitrogens with zero attached hydrogens (tertiary/aromatic N) is 2. The molecule has 0 fully saturated rings. The average molecular weight is 317 g/mol. The van der Waals surface area contributed by atoms with Crippen molar-refractivity contribution in [3.8, 4) is 0 Å². The lowest BCUT2D eigenvalue weighted by Gasteiger charge is -2.16. The van der Waals surface area contributed by atoms with Gasteiger partial charge in [-0.25, -0.2) is 14.2 Å². The van der Waals surface area contributed by atoms with Crippen LogP contribution in [0.1, 0.15) is 17.2 Å². The quantitative estimate of drug-likeness (QED) is 0.673. The van der Waals surface area contributed by atoms with Crippen LogP contribution >= 0.6 is 15.9 Å². The van der Waals surface area contributed by atoms with Crippen LogP contribution in [0.25, 0.3) is 0 Å². The van der Waals surface area contributed by atoms with E-state index in [-0.39, 0.29) is 5.56 Å². The molecule has 0 saturated carbocycles. The van der Waals surface area contributed by atoms with Gasteiger partial charge in [0.05, 0.1) is 12.2 Å². The molecule has 1 unspecified atom stereocenters.